The molecule has 0 aliphatic carbocycles. The minimum absolute atomic E-state index is 0.168. The minimum atomic E-state index is -1.35. The molecular weight excluding hydrogens is 626 g/mol. The zero-order chi connectivity index (χ0) is 35.4. The Morgan fingerprint density at radius 3 is 2.31 bits per heavy atom. The molecule has 1 unspecified atom stereocenters. The lowest BCUT2D eigenvalue weighted by atomic mass is 9.87. The van der Waals surface area contributed by atoms with Crippen LogP contribution in [0.15, 0.2) is 49.1 Å². The van der Waals surface area contributed by atoms with Gasteiger partial charge in [0.15, 0.2) is 18.1 Å². The first-order valence-electron chi connectivity index (χ1n) is 15.4. The van der Waals surface area contributed by atoms with Crippen molar-refractivity contribution in [2.75, 3.05) is 41.1 Å². The Morgan fingerprint density at radius 2 is 1.71 bits per heavy atom. The molecule has 2 atom stereocenters. The number of piperidine rings is 1. The molecule has 0 bridgehead atoms. The predicted octanol–water partition coefficient (Wildman–Crippen LogP) is 4.10. The molecule has 1 fully saturated rings. The smallest absolute Gasteiger partial charge is 0.341 e. The van der Waals surface area contributed by atoms with Crippen molar-refractivity contribution in [2.24, 2.45) is 5.41 Å². The number of likely N-dealkylation sites (tertiary alicyclic amines) is 1. The highest BCUT2D eigenvalue weighted by Gasteiger charge is 2.42. The number of esters is 2. The first kappa shape index (κ1) is 37.4. The van der Waals surface area contributed by atoms with E-state index in [2.05, 4.69) is 6.58 Å². The number of hydrogen-bond acceptors (Lipinski definition) is 11. The van der Waals surface area contributed by atoms with Crippen LogP contribution in [0.2, 0.25) is 0 Å². The van der Waals surface area contributed by atoms with E-state index in [0.717, 1.165) is 11.6 Å². The zero-order valence-electron chi connectivity index (χ0n) is 27.9. The van der Waals surface area contributed by atoms with Crippen LogP contribution in [0.1, 0.15) is 56.8 Å². The van der Waals surface area contributed by atoms with Gasteiger partial charge in [0.05, 0.1) is 26.7 Å². The van der Waals surface area contributed by atoms with Gasteiger partial charge in [0.25, 0.3) is 5.91 Å². The largest absolute Gasteiger partial charge is 0.493 e. The molecule has 0 radical (unpaired) electrons. The van der Waals surface area contributed by atoms with E-state index in [4.69, 9.17) is 33.5 Å². The number of aliphatic carboxylic acids is 1. The third-order valence-corrected chi connectivity index (χ3v) is 7.86. The van der Waals surface area contributed by atoms with Gasteiger partial charge in [-0.3, -0.25) is 9.59 Å². The Labute approximate surface area is 279 Å². The van der Waals surface area contributed by atoms with Gasteiger partial charge in [-0.25, -0.2) is 14.4 Å². The van der Waals surface area contributed by atoms with Gasteiger partial charge in [-0.05, 0) is 81.3 Å². The fourth-order valence-corrected chi connectivity index (χ4v) is 5.26. The second kappa shape index (κ2) is 17.2. The van der Waals surface area contributed by atoms with Gasteiger partial charge in [-0.1, -0.05) is 18.7 Å². The van der Waals surface area contributed by atoms with E-state index in [0.29, 0.717) is 42.1 Å². The average molecular weight is 670 g/mol. The first-order chi connectivity index (χ1) is 22.8. The topological polar surface area (TPSA) is 164 Å². The number of rotatable bonds is 17. The van der Waals surface area contributed by atoms with Crippen molar-refractivity contribution in [1.29, 1.82) is 0 Å². The van der Waals surface area contributed by atoms with Gasteiger partial charge in [-0.2, -0.15) is 0 Å². The molecule has 48 heavy (non-hydrogen) atoms. The first-order valence-corrected chi connectivity index (χ1v) is 15.4. The molecule has 1 amide bonds. The van der Waals surface area contributed by atoms with Gasteiger partial charge in [0, 0.05) is 12.6 Å². The van der Waals surface area contributed by atoms with Crippen LogP contribution in [0.3, 0.4) is 0 Å². The van der Waals surface area contributed by atoms with Crippen LogP contribution in [0.4, 0.5) is 0 Å². The number of nitrogens with zero attached hydrogens (tertiary/aromatic N) is 1. The summed E-state index contributed by atoms with van der Waals surface area (Å²) in [4.78, 5) is 64.5. The van der Waals surface area contributed by atoms with Crippen molar-refractivity contribution in [2.45, 2.75) is 58.1 Å². The van der Waals surface area contributed by atoms with Crippen molar-refractivity contribution in [1.82, 2.24) is 4.90 Å². The molecule has 260 valence electrons. The Morgan fingerprint density at radius 1 is 1.02 bits per heavy atom. The average Bonchev–Trinajstić information content (AvgIpc) is 3.10. The summed E-state index contributed by atoms with van der Waals surface area (Å²) >= 11 is 0. The number of carbonyl (C=O) groups excluding carboxylic acids is 4. The van der Waals surface area contributed by atoms with Gasteiger partial charge in [0.2, 0.25) is 11.5 Å². The van der Waals surface area contributed by atoms with Crippen LogP contribution in [-0.2, 0) is 39.9 Å². The molecule has 1 N–H and O–H groups in total. The number of carboxylic acid groups (broad SMARTS) is 1. The summed E-state index contributed by atoms with van der Waals surface area (Å²) in [5.41, 5.74) is -0.0157. The SMILES string of the molecule is C=CC(=O)OCC(C)(C)C(=O)C(=O)N1CCCC[C@H]1C(=O)OC(CCc1cc(OC)c(OC)c(OC)c1)c1cccc(OCC(=O)O)c1. The number of carboxylic acids is 1. The number of aryl methyl sites for hydroxylation is 1. The van der Waals surface area contributed by atoms with Crippen LogP contribution >= 0.6 is 0 Å². The standard InChI is InChI=1S/C35H43NO12/c1-7-30(39)47-21-35(2,3)32(40)33(41)36-16-9-8-13-25(36)34(42)48-26(23-11-10-12-24(19-23)46-20-29(37)38)15-14-22-17-27(43-4)31(45-6)28(18-22)44-5/h7,10-12,17-19,25-26H,1,8-9,13-16,20-21H2,2-6H3,(H,37,38)/t25-,26?/m0/s1. The number of ether oxygens (including phenoxy) is 6. The van der Waals surface area contributed by atoms with Gasteiger partial charge < -0.3 is 38.4 Å². The number of amides is 1. The molecule has 0 saturated carbocycles. The monoisotopic (exact) mass is 669 g/mol. The van der Waals surface area contributed by atoms with Crippen molar-refractivity contribution < 1.29 is 57.5 Å². The van der Waals surface area contributed by atoms with Crippen LogP contribution in [-0.4, -0.2) is 86.7 Å². The van der Waals surface area contributed by atoms with Gasteiger partial charge in [-0.15, -0.1) is 0 Å². The second-order valence-electron chi connectivity index (χ2n) is 11.8. The van der Waals surface area contributed by atoms with E-state index >= 15 is 0 Å². The molecule has 13 heteroatoms. The third-order valence-electron chi connectivity index (χ3n) is 7.86. The lowest BCUT2D eigenvalue weighted by molar-refractivity contribution is -0.165. The van der Waals surface area contributed by atoms with E-state index in [9.17, 15) is 24.0 Å². The molecule has 13 nitrogen and oxygen atoms in total. The Balaban J connectivity index is 1.89. The summed E-state index contributed by atoms with van der Waals surface area (Å²) in [5.74, 6) is -2.64. The summed E-state index contributed by atoms with van der Waals surface area (Å²) in [6, 6.07) is 9.10. The Kier molecular flexibility index (Phi) is 13.4. The number of carbonyl (C=O) groups is 5. The number of Topliss-reactive ketones (excluding diaryl/α,β-unsaturated/α-hetero) is 1. The lowest BCUT2D eigenvalue weighted by Crippen LogP contribution is -2.53. The highest BCUT2D eigenvalue weighted by atomic mass is 16.6. The molecule has 2 aromatic carbocycles. The summed E-state index contributed by atoms with van der Waals surface area (Å²) in [5, 5.41) is 9.07. The third kappa shape index (κ3) is 9.72. The summed E-state index contributed by atoms with van der Waals surface area (Å²) in [7, 11) is 4.51. The highest BCUT2D eigenvalue weighted by Crippen LogP contribution is 2.39. The maximum atomic E-state index is 13.8. The Bertz CT molecular complexity index is 1480. The fraction of sp³-hybridized carbons (Fsp3) is 0.457. The van der Waals surface area contributed by atoms with E-state index < -0.39 is 53.8 Å². The van der Waals surface area contributed by atoms with E-state index in [1.54, 1.807) is 36.4 Å². The van der Waals surface area contributed by atoms with Crippen LogP contribution < -0.4 is 18.9 Å². The van der Waals surface area contributed by atoms with Gasteiger partial charge >= 0.3 is 17.9 Å². The zero-order valence-corrected chi connectivity index (χ0v) is 27.9. The minimum Gasteiger partial charge on any atom is -0.493 e. The van der Waals surface area contributed by atoms with E-state index in [1.165, 1.54) is 40.1 Å². The summed E-state index contributed by atoms with van der Waals surface area (Å²) in [6.45, 7) is 5.57. The lowest BCUT2D eigenvalue weighted by Gasteiger charge is -2.36. The van der Waals surface area contributed by atoms with Crippen LogP contribution in [0.25, 0.3) is 0 Å². The van der Waals surface area contributed by atoms with E-state index in [-0.39, 0.29) is 31.7 Å². The normalized spacial score (nSPS) is 15.0. The van der Waals surface area contributed by atoms with Crippen molar-refractivity contribution in [3.8, 4) is 23.0 Å². The Hall–Kier alpha value is -5.07. The molecule has 1 saturated heterocycles. The molecule has 1 aliphatic rings. The molecule has 2 aromatic rings. The molecule has 0 spiro atoms. The number of ketones is 1. The van der Waals surface area contributed by atoms with Crippen molar-refractivity contribution in [3.63, 3.8) is 0 Å². The number of benzene rings is 2. The number of hydrogen-bond donors (Lipinski definition) is 1. The van der Waals surface area contributed by atoms with E-state index in [1.807, 2.05) is 0 Å². The van der Waals surface area contributed by atoms with Crippen LogP contribution in [0.5, 0.6) is 23.0 Å². The number of methoxy groups -OCH3 is 3. The summed E-state index contributed by atoms with van der Waals surface area (Å²) in [6.07, 6.45) is 2.27. The highest BCUT2D eigenvalue weighted by molar-refractivity contribution is 6.38. The molecule has 1 aliphatic heterocycles. The second-order valence-corrected chi connectivity index (χ2v) is 11.8. The summed E-state index contributed by atoms with van der Waals surface area (Å²) < 4.78 is 32.9. The van der Waals surface area contributed by atoms with Crippen molar-refractivity contribution >= 4 is 29.6 Å². The van der Waals surface area contributed by atoms with Crippen molar-refractivity contribution in [3.05, 3.63) is 60.2 Å². The molecular formula is C35H43NO12. The molecule has 3 rings (SSSR count). The maximum absolute atomic E-state index is 13.8. The quantitative estimate of drug-likeness (QED) is 0.146. The molecule has 0 aromatic heterocycles. The van der Waals surface area contributed by atoms with Crippen LogP contribution in [0, 0.1) is 5.41 Å². The fourth-order valence-electron chi connectivity index (χ4n) is 5.26. The molecule has 1 heterocycles. The van der Waals surface area contributed by atoms with Gasteiger partial charge in [0.1, 0.15) is 24.5 Å². The maximum Gasteiger partial charge on any atom is 0.341 e. The predicted molar refractivity (Wildman–Crippen MR) is 172 cm³/mol.